The third-order valence-corrected chi connectivity index (χ3v) is 2.77. The van der Waals surface area contributed by atoms with Crippen molar-refractivity contribution in [2.45, 2.75) is 31.9 Å². The van der Waals surface area contributed by atoms with Gasteiger partial charge in [0.15, 0.2) is 0 Å². The minimum absolute atomic E-state index is 0.531. The SMILES string of the molecule is C[C@@H]1NC[C@@H]2OCCC[C@H]12. The highest BCUT2D eigenvalue weighted by Gasteiger charge is 2.35. The minimum Gasteiger partial charge on any atom is -0.377 e. The fraction of sp³-hybridized carbons (Fsp3) is 1.00. The van der Waals surface area contributed by atoms with Crippen LogP contribution in [0.2, 0.25) is 0 Å². The van der Waals surface area contributed by atoms with E-state index < -0.39 is 0 Å². The molecule has 0 unspecified atom stereocenters. The first kappa shape index (κ1) is 6.62. The highest BCUT2D eigenvalue weighted by atomic mass is 16.5. The quantitative estimate of drug-likeness (QED) is 0.538. The van der Waals surface area contributed by atoms with Gasteiger partial charge in [-0.1, -0.05) is 0 Å². The first-order chi connectivity index (χ1) is 4.88. The molecule has 0 saturated carbocycles. The van der Waals surface area contributed by atoms with Gasteiger partial charge in [0.1, 0.15) is 0 Å². The second-order valence-corrected chi connectivity index (χ2v) is 3.41. The zero-order valence-electron chi connectivity index (χ0n) is 6.47. The van der Waals surface area contributed by atoms with Crippen molar-refractivity contribution < 1.29 is 4.74 Å². The second-order valence-electron chi connectivity index (χ2n) is 3.41. The van der Waals surface area contributed by atoms with Crippen LogP contribution < -0.4 is 5.32 Å². The van der Waals surface area contributed by atoms with Gasteiger partial charge in [-0.2, -0.15) is 0 Å². The van der Waals surface area contributed by atoms with Gasteiger partial charge in [0, 0.05) is 25.1 Å². The van der Waals surface area contributed by atoms with Crippen molar-refractivity contribution in [1.29, 1.82) is 0 Å². The molecule has 0 amide bonds. The molecule has 0 radical (unpaired) electrons. The number of nitrogens with one attached hydrogen (secondary N) is 1. The summed E-state index contributed by atoms with van der Waals surface area (Å²) >= 11 is 0. The lowest BCUT2D eigenvalue weighted by Crippen LogP contribution is -2.30. The lowest BCUT2D eigenvalue weighted by molar-refractivity contribution is -0.00445. The average Bonchev–Trinajstić information content (AvgIpc) is 2.34. The summed E-state index contributed by atoms with van der Waals surface area (Å²) in [6.45, 7) is 4.32. The molecular weight excluding hydrogens is 126 g/mol. The Bertz CT molecular complexity index is 124. The molecular formula is C8H15NO. The minimum atomic E-state index is 0.531. The summed E-state index contributed by atoms with van der Waals surface area (Å²) in [5.41, 5.74) is 0. The Labute approximate surface area is 61.9 Å². The first-order valence-corrected chi connectivity index (χ1v) is 4.23. The van der Waals surface area contributed by atoms with Gasteiger partial charge in [-0.3, -0.25) is 0 Å². The molecule has 2 heteroatoms. The number of ether oxygens (including phenoxy) is 1. The van der Waals surface area contributed by atoms with Gasteiger partial charge in [0.25, 0.3) is 0 Å². The Morgan fingerprint density at radius 2 is 2.40 bits per heavy atom. The maximum atomic E-state index is 5.61. The van der Waals surface area contributed by atoms with E-state index in [2.05, 4.69) is 12.2 Å². The average molecular weight is 141 g/mol. The van der Waals surface area contributed by atoms with E-state index in [4.69, 9.17) is 4.74 Å². The maximum Gasteiger partial charge on any atom is 0.0742 e. The summed E-state index contributed by atoms with van der Waals surface area (Å²) in [4.78, 5) is 0. The molecule has 0 aromatic carbocycles. The van der Waals surface area contributed by atoms with E-state index in [0.29, 0.717) is 12.1 Å². The number of hydrogen-bond acceptors (Lipinski definition) is 2. The smallest absolute Gasteiger partial charge is 0.0742 e. The summed E-state index contributed by atoms with van der Waals surface area (Å²) < 4.78 is 5.61. The molecule has 2 nitrogen and oxygen atoms in total. The highest BCUT2D eigenvalue weighted by Crippen LogP contribution is 2.27. The Hall–Kier alpha value is -0.0800. The van der Waals surface area contributed by atoms with Gasteiger partial charge in [0.2, 0.25) is 0 Å². The molecule has 0 aliphatic carbocycles. The molecule has 2 aliphatic heterocycles. The Kier molecular flexibility index (Phi) is 1.66. The van der Waals surface area contributed by atoms with Crippen LogP contribution in [0.3, 0.4) is 0 Å². The van der Waals surface area contributed by atoms with Gasteiger partial charge < -0.3 is 10.1 Å². The van der Waals surface area contributed by atoms with Crippen molar-refractivity contribution in [3.63, 3.8) is 0 Å². The summed E-state index contributed by atoms with van der Waals surface area (Å²) in [6, 6.07) is 0.685. The Balaban J connectivity index is 2.01. The molecule has 0 spiro atoms. The van der Waals surface area contributed by atoms with E-state index in [1.54, 1.807) is 0 Å². The topological polar surface area (TPSA) is 21.3 Å². The van der Waals surface area contributed by atoms with Crippen LogP contribution in [0.15, 0.2) is 0 Å². The monoisotopic (exact) mass is 141 g/mol. The second kappa shape index (κ2) is 2.51. The molecule has 10 heavy (non-hydrogen) atoms. The first-order valence-electron chi connectivity index (χ1n) is 4.23. The van der Waals surface area contributed by atoms with Crippen molar-refractivity contribution in [3.05, 3.63) is 0 Å². The number of fused-ring (bicyclic) bond motifs is 1. The molecule has 0 bridgehead atoms. The summed E-state index contributed by atoms with van der Waals surface area (Å²) in [5, 5.41) is 3.44. The van der Waals surface area contributed by atoms with E-state index >= 15 is 0 Å². The van der Waals surface area contributed by atoms with Gasteiger partial charge in [-0.05, 0) is 19.8 Å². The van der Waals surface area contributed by atoms with Crippen LogP contribution >= 0.6 is 0 Å². The fourth-order valence-electron chi connectivity index (χ4n) is 2.10. The van der Waals surface area contributed by atoms with Crippen LogP contribution in [-0.4, -0.2) is 25.3 Å². The van der Waals surface area contributed by atoms with Crippen LogP contribution in [0.25, 0.3) is 0 Å². The van der Waals surface area contributed by atoms with Gasteiger partial charge in [0.05, 0.1) is 6.10 Å². The Morgan fingerprint density at radius 1 is 1.50 bits per heavy atom. The van der Waals surface area contributed by atoms with Gasteiger partial charge in [-0.15, -0.1) is 0 Å². The molecule has 2 rings (SSSR count). The molecule has 2 fully saturated rings. The highest BCUT2D eigenvalue weighted by molar-refractivity contribution is 4.90. The molecule has 1 N–H and O–H groups in total. The van der Waals surface area contributed by atoms with E-state index in [-0.39, 0.29) is 0 Å². The lowest BCUT2D eigenvalue weighted by Gasteiger charge is -2.26. The number of rotatable bonds is 0. The number of hydrogen-bond donors (Lipinski definition) is 1. The van der Waals surface area contributed by atoms with E-state index in [1.165, 1.54) is 12.8 Å². The fourth-order valence-corrected chi connectivity index (χ4v) is 2.10. The van der Waals surface area contributed by atoms with Crippen molar-refractivity contribution in [1.82, 2.24) is 5.32 Å². The Morgan fingerprint density at radius 3 is 3.20 bits per heavy atom. The maximum absolute atomic E-state index is 5.61. The standard InChI is InChI=1S/C8H15NO/c1-6-7-3-2-4-10-8(7)5-9-6/h6-9H,2-5H2,1H3/t6-,7+,8-/m0/s1. The van der Waals surface area contributed by atoms with Crippen LogP contribution in [0.5, 0.6) is 0 Å². The molecule has 0 aromatic heterocycles. The van der Waals surface area contributed by atoms with Gasteiger partial charge >= 0.3 is 0 Å². The molecule has 2 aliphatic rings. The summed E-state index contributed by atoms with van der Waals surface area (Å²) in [6.07, 6.45) is 3.15. The van der Waals surface area contributed by atoms with Crippen molar-refractivity contribution in [2.75, 3.05) is 13.2 Å². The van der Waals surface area contributed by atoms with Gasteiger partial charge in [-0.25, -0.2) is 0 Å². The predicted molar refractivity (Wildman–Crippen MR) is 39.9 cm³/mol. The van der Waals surface area contributed by atoms with Crippen LogP contribution in [0.4, 0.5) is 0 Å². The molecule has 2 saturated heterocycles. The largest absolute Gasteiger partial charge is 0.377 e. The molecule has 0 aromatic rings. The van der Waals surface area contributed by atoms with Crippen LogP contribution in [0.1, 0.15) is 19.8 Å². The molecule has 3 atom stereocenters. The van der Waals surface area contributed by atoms with E-state index in [9.17, 15) is 0 Å². The predicted octanol–water partition coefficient (Wildman–Crippen LogP) is 0.773. The zero-order valence-corrected chi connectivity index (χ0v) is 6.47. The molecule has 58 valence electrons. The van der Waals surface area contributed by atoms with E-state index in [1.807, 2.05) is 0 Å². The van der Waals surface area contributed by atoms with Crippen molar-refractivity contribution in [3.8, 4) is 0 Å². The third-order valence-electron chi connectivity index (χ3n) is 2.77. The van der Waals surface area contributed by atoms with Crippen LogP contribution in [-0.2, 0) is 4.74 Å². The van der Waals surface area contributed by atoms with E-state index in [0.717, 1.165) is 19.1 Å². The van der Waals surface area contributed by atoms with Crippen molar-refractivity contribution >= 4 is 0 Å². The van der Waals surface area contributed by atoms with Crippen molar-refractivity contribution in [2.24, 2.45) is 5.92 Å². The van der Waals surface area contributed by atoms with Crippen LogP contribution in [0, 0.1) is 5.92 Å². The lowest BCUT2D eigenvalue weighted by atomic mass is 9.92. The third kappa shape index (κ3) is 0.956. The normalized spacial score (nSPS) is 47.1. The summed E-state index contributed by atoms with van der Waals surface area (Å²) in [5.74, 6) is 0.800. The molecule has 2 heterocycles. The zero-order chi connectivity index (χ0) is 6.97. The summed E-state index contributed by atoms with van der Waals surface area (Å²) in [7, 11) is 0.